The molecule has 0 spiro atoms. The fourth-order valence-electron chi connectivity index (χ4n) is 1.91. The topological polar surface area (TPSA) is 6.48 Å². The van der Waals surface area contributed by atoms with E-state index in [2.05, 4.69) is 37.7 Å². The van der Waals surface area contributed by atoms with Gasteiger partial charge in [-0.1, -0.05) is 13.8 Å². The van der Waals surface area contributed by atoms with E-state index in [9.17, 15) is 0 Å². The largest absolute Gasteiger partial charge is 0.309 e. The lowest BCUT2D eigenvalue weighted by Crippen LogP contribution is -2.55. The van der Waals surface area contributed by atoms with E-state index in [-0.39, 0.29) is 0 Å². The molecule has 0 N–H and O–H groups in total. The van der Waals surface area contributed by atoms with Crippen LogP contribution in [0, 0.1) is 5.41 Å². The second-order valence-corrected chi connectivity index (χ2v) is 4.67. The van der Waals surface area contributed by atoms with Gasteiger partial charge in [-0.3, -0.25) is 0 Å². The van der Waals surface area contributed by atoms with Crippen LogP contribution in [0.5, 0.6) is 0 Å². The molecule has 0 aliphatic carbocycles. The van der Waals surface area contributed by atoms with Crippen LogP contribution in [0.3, 0.4) is 0 Å². The predicted octanol–water partition coefficient (Wildman–Crippen LogP) is 1.28. The Morgan fingerprint density at radius 1 is 1.33 bits per heavy atom. The summed E-state index contributed by atoms with van der Waals surface area (Å²) >= 11 is 0. The van der Waals surface area contributed by atoms with Crippen molar-refractivity contribution in [2.75, 3.05) is 40.3 Å². The molecule has 0 amide bonds. The van der Waals surface area contributed by atoms with Crippen LogP contribution in [0.15, 0.2) is 0 Å². The molecule has 0 atom stereocenters. The maximum atomic E-state index is 2.51. The van der Waals surface area contributed by atoms with Crippen molar-refractivity contribution in [2.24, 2.45) is 5.41 Å². The van der Waals surface area contributed by atoms with Crippen LogP contribution in [0.4, 0.5) is 0 Å². The van der Waals surface area contributed by atoms with Gasteiger partial charge in [-0.15, -0.1) is 0 Å². The van der Waals surface area contributed by atoms with Gasteiger partial charge in [-0.25, -0.2) is 0 Å². The van der Waals surface area contributed by atoms with Crippen molar-refractivity contribution < 1.29 is 0 Å². The summed E-state index contributed by atoms with van der Waals surface area (Å²) in [5, 5.41) is 0. The molecular formula is C10H22N2. The van der Waals surface area contributed by atoms with Gasteiger partial charge >= 0.3 is 0 Å². The molecule has 0 aromatic heterocycles. The molecule has 0 aromatic carbocycles. The highest BCUT2D eigenvalue weighted by molar-refractivity contribution is 4.90. The Bertz CT molecular complexity index is 137. The average molecular weight is 170 g/mol. The zero-order valence-electron chi connectivity index (χ0n) is 8.93. The SMILES string of the molecule is CCN1CC(C)(CCN(C)C)C1. The van der Waals surface area contributed by atoms with Gasteiger partial charge in [0.1, 0.15) is 0 Å². The third kappa shape index (κ3) is 2.46. The minimum Gasteiger partial charge on any atom is -0.309 e. The lowest BCUT2D eigenvalue weighted by molar-refractivity contribution is 0.00881. The molecule has 0 aromatic rings. The maximum Gasteiger partial charge on any atom is 0.00482 e. The Labute approximate surface area is 76.5 Å². The average Bonchev–Trinajstić information content (AvgIpc) is 1.95. The van der Waals surface area contributed by atoms with E-state index in [0.717, 1.165) is 0 Å². The maximum absolute atomic E-state index is 2.51. The number of nitrogens with zero attached hydrogens (tertiary/aromatic N) is 2. The zero-order valence-corrected chi connectivity index (χ0v) is 8.93. The quantitative estimate of drug-likeness (QED) is 0.627. The molecule has 0 unspecified atom stereocenters. The standard InChI is InChI=1S/C10H22N2/c1-5-12-8-10(2,9-12)6-7-11(3)4/h5-9H2,1-4H3. The van der Waals surface area contributed by atoms with Gasteiger partial charge in [0.15, 0.2) is 0 Å². The lowest BCUT2D eigenvalue weighted by atomic mass is 9.79. The first-order valence-electron chi connectivity index (χ1n) is 4.93. The Hall–Kier alpha value is -0.0800. The van der Waals surface area contributed by atoms with Crippen molar-refractivity contribution in [1.82, 2.24) is 9.80 Å². The summed E-state index contributed by atoms with van der Waals surface area (Å²) in [6.45, 7) is 9.70. The lowest BCUT2D eigenvalue weighted by Gasteiger charge is -2.48. The molecule has 1 heterocycles. The van der Waals surface area contributed by atoms with E-state index in [1.165, 1.54) is 32.6 Å². The fraction of sp³-hybridized carbons (Fsp3) is 1.00. The van der Waals surface area contributed by atoms with Gasteiger partial charge < -0.3 is 9.80 Å². The molecule has 2 nitrogen and oxygen atoms in total. The van der Waals surface area contributed by atoms with Crippen LogP contribution < -0.4 is 0 Å². The van der Waals surface area contributed by atoms with E-state index in [1.54, 1.807) is 0 Å². The van der Waals surface area contributed by atoms with Gasteiger partial charge in [-0.2, -0.15) is 0 Å². The summed E-state index contributed by atoms with van der Waals surface area (Å²) in [5.74, 6) is 0. The molecule has 12 heavy (non-hydrogen) atoms. The van der Waals surface area contributed by atoms with Crippen molar-refractivity contribution in [3.63, 3.8) is 0 Å². The Balaban J connectivity index is 2.16. The van der Waals surface area contributed by atoms with Gasteiger partial charge in [0.25, 0.3) is 0 Å². The summed E-state index contributed by atoms with van der Waals surface area (Å²) < 4.78 is 0. The van der Waals surface area contributed by atoms with Crippen LogP contribution in [0.1, 0.15) is 20.3 Å². The Kier molecular flexibility index (Phi) is 3.13. The van der Waals surface area contributed by atoms with Crippen molar-refractivity contribution in [3.8, 4) is 0 Å². The molecule has 0 saturated carbocycles. The van der Waals surface area contributed by atoms with Crippen LogP contribution in [0.2, 0.25) is 0 Å². The van der Waals surface area contributed by atoms with Crippen molar-refractivity contribution >= 4 is 0 Å². The summed E-state index contributed by atoms with van der Waals surface area (Å²) in [5.41, 5.74) is 0.611. The molecule has 1 rings (SSSR count). The van der Waals surface area contributed by atoms with E-state index >= 15 is 0 Å². The highest BCUT2D eigenvalue weighted by Crippen LogP contribution is 2.32. The highest BCUT2D eigenvalue weighted by atomic mass is 15.2. The van der Waals surface area contributed by atoms with Crippen LogP contribution in [-0.4, -0.2) is 50.1 Å². The normalized spacial score (nSPS) is 22.8. The van der Waals surface area contributed by atoms with Gasteiger partial charge in [0.05, 0.1) is 0 Å². The smallest absolute Gasteiger partial charge is 0.00482 e. The third-order valence-electron chi connectivity index (χ3n) is 2.82. The third-order valence-corrected chi connectivity index (χ3v) is 2.82. The monoisotopic (exact) mass is 170 g/mol. The minimum atomic E-state index is 0.611. The molecule has 1 saturated heterocycles. The second-order valence-electron chi connectivity index (χ2n) is 4.67. The predicted molar refractivity (Wildman–Crippen MR) is 53.4 cm³/mol. The number of likely N-dealkylation sites (tertiary alicyclic amines) is 1. The van der Waals surface area contributed by atoms with E-state index < -0.39 is 0 Å². The van der Waals surface area contributed by atoms with Crippen molar-refractivity contribution in [2.45, 2.75) is 20.3 Å². The first-order valence-corrected chi connectivity index (χ1v) is 4.93. The van der Waals surface area contributed by atoms with Crippen molar-refractivity contribution in [1.29, 1.82) is 0 Å². The summed E-state index contributed by atoms with van der Waals surface area (Å²) in [6, 6.07) is 0. The van der Waals surface area contributed by atoms with Crippen LogP contribution in [0.25, 0.3) is 0 Å². The first-order chi connectivity index (χ1) is 5.56. The summed E-state index contributed by atoms with van der Waals surface area (Å²) in [7, 11) is 4.30. The molecule has 1 aliphatic rings. The number of hydrogen-bond donors (Lipinski definition) is 0. The van der Waals surface area contributed by atoms with Crippen molar-refractivity contribution in [3.05, 3.63) is 0 Å². The molecular weight excluding hydrogens is 148 g/mol. The van der Waals surface area contributed by atoms with Gasteiger partial charge in [-0.05, 0) is 39.0 Å². The van der Waals surface area contributed by atoms with E-state index in [4.69, 9.17) is 0 Å². The minimum absolute atomic E-state index is 0.611. The fourth-order valence-corrected chi connectivity index (χ4v) is 1.91. The molecule has 0 radical (unpaired) electrons. The zero-order chi connectivity index (χ0) is 9.19. The number of rotatable bonds is 4. The molecule has 1 fully saturated rings. The van der Waals surface area contributed by atoms with Crippen LogP contribution in [-0.2, 0) is 0 Å². The summed E-state index contributed by atoms with van der Waals surface area (Å²) in [6.07, 6.45) is 1.34. The molecule has 1 aliphatic heterocycles. The van der Waals surface area contributed by atoms with Gasteiger partial charge in [0, 0.05) is 13.1 Å². The van der Waals surface area contributed by atoms with E-state index in [0.29, 0.717) is 5.41 Å². The number of hydrogen-bond acceptors (Lipinski definition) is 2. The Morgan fingerprint density at radius 3 is 2.33 bits per heavy atom. The molecule has 0 bridgehead atoms. The Morgan fingerprint density at radius 2 is 1.92 bits per heavy atom. The highest BCUT2D eigenvalue weighted by Gasteiger charge is 2.36. The van der Waals surface area contributed by atoms with Gasteiger partial charge in [0.2, 0.25) is 0 Å². The second kappa shape index (κ2) is 3.75. The van der Waals surface area contributed by atoms with Crippen LogP contribution >= 0.6 is 0 Å². The summed E-state index contributed by atoms with van der Waals surface area (Å²) in [4.78, 5) is 4.79. The van der Waals surface area contributed by atoms with E-state index in [1.807, 2.05) is 0 Å². The first kappa shape index (κ1) is 10.0. The molecule has 2 heteroatoms. The molecule has 72 valence electrons.